The topological polar surface area (TPSA) is 95.6 Å². The van der Waals surface area contributed by atoms with Gasteiger partial charge in [-0.2, -0.15) is 19.0 Å². The van der Waals surface area contributed by atoms with Gasteiger partial charge >= 0.3 is 5.38 Å². The molecule has 12 heteroatoms. The van der Waals surface area contributed by atoms with Gasteiger partial charge in [0, 0.05) is 18.0 Å². The maximum atomic E-state index is 13.8. The van der Waals surface area contributed by atoms with Crippen LogP contribution >= 0.6 is 11.6 Å². The van der Waals surface area contributed by atoms with Crippen molar-refractivity contribution in [3.63, 3.8) is 0 Å². The lowest BCUT2D eigenvalue weighted by molar-refractivity contribution is 0.0868. The van der Waals surface area contributed by atoms with Crippen molar-refractivity contribution in [1.82, 2.24) is 24.4 Å². The molecule has 0 aliphatic heterocycles. The Morgan fingerprint density at radius 3 is 2.60 bits per heavy atom. The number of hydrogen-bond donors (Lipinski definition) is 1. The van der Waals surface area contributed by atoms with Crippen molar-refractivity contribution >= 4 is 28.8 Å². The molecule has 1 N–H and O–H groups in total. The number of rotatable bonds is 9. The third-order valence-corrected chi connectivity index (χ3v) is 5.12. The second kappa shape index (κ2) is 9.87. The van der Waals surface area contributed by atoms with Crippen LogP contribution in [0.2, 0.25) is 0 Å². The van der Waals surface area contributed by atoms with E-state index in [2.05, 4.69) is 20.5 Å². The lowest BCUT2D eigenvalue weighted by atomic mass is 10.2. The van der Waals surface area contributed by atoms with Gasteiger partial charge in [-0.1, -0.05) is 6.07 Å². The minimum absolute atomic E-state index is 0.0850. The molecule has 0 atom stereocenters. The molecular weight excluding hydrogens is 482 g/mol. The Labute approximate surface area is 204 Å². The van der Waals surface area contributed by atoms with E-state index < -0.39 is 17.0 Å². The predicted octanol–water partition coefficient (Wildman–Crippen LogP) is 4.62. The molecule has 0 aliphatic rings. The van der Waals surface area contributed by atoms with Gasteiger partial charge in [0.25, 0.3) is 5.91 Å². The third-order valence-electron chi connectivity index (χ3n) is 4.92. The number of carbonyl (C=O) groups excluding carboxylic acids is 1. The highest BCUT2D eigenvalue weighted by molar-refractivity contribution is 6.21. The fourth-order valence-electron chi connectivity index (χ4n) is 3.50. The molecule has 0 aliphatic carbocycles. The van der Waals surface area contributed by atoms with Crippen molar-refractivity contribution in [1.29, 1.82) is 0 Å². The Balaban J connectivity index is 1.50. The van der Waals surface area contributed by atoms with Gasteiger partial charge in [0.1, 0.15) is 5.69 Å². The third kappa shape index (κ3) is 5.51. The molecule has 1 amide bonds. The number of halogens is 3. The molecule has 0 saturated carbocycles. The number of carbonyl (C=O) groups is 1. The maximum absolute atomic E-state index is 13.8. The molecule has 9 nitrogen and oxygen atoms in total. The standard InChI is InChI=1S/C23H23ClF2N6O3/c1-4-34-18-7-6-15(9-19(18)35-5-2)12-31-13-16(11-27-31)29-22(33)17-10-21-28-14(3)8-20(23(24,25)26)32(21)30-17/h6-11,13H,4-5,12H2,1-3H3,(H,29,33). The Hall–Kier alpha value is -3.73. The summed E-state index contributed by atoms with van der Waals surface area (Å²) >= 11 is 5.20. The summed E-state index contributed by atoms with van der Waals surface area (Å²) in [6.07, 6.45) is 3.12. The first-order valence-corrected chi connectivity index (χ1v) is 11.2. The Kier molecular flexibility index (Phi) is 6.88. The second-order valence-electron chi connectivity index (χ2n) is 7.61. The van der Waals surface area contributed by atoms with Gasteiger partial charge in [0.15, 0.2) is 22.8 Å². The highest BCUT2D eigenvalue weighted by atomic mass is 35.5. The van der Waals surface area contributed by atoms with Gasteiger partial charge in [0.2, 0.25) is 0 Å². The SMILES string of the molecule is CCOc1ccc(Cn2cc(NC(=O)c3cc4nc(C)cc(C(F)(F)Cl)n4n3)cn2)cc1OCC. The van der Waals surface area contributed by atoms with Gasteiger partial charge < -0.3 is 14.8 Å². The molecule has 0 spiro atoms. The van der Waals surface area contributed by atoms with Crippen LogP contribution in [0.25, 0.3) is 5.65 Å². The van der Waals surface area contributed by atoms with Crippen LogP contribution in [-0.2, 0) is 11.9 Å². The van der Waals surface area contributed by atoms with Crippen molar-refractivity contribution in [2.75, 3.05) is 18.5 Å². The minimum Gasteiger partial charge on any atom is -0.490 e. The van der Waals surface area contributed by atoms with E-state index >= 15 is 0 Å². The first-order chi connectivity index (χ1) is 16.7. The summed E-state index contributed by atoms with van der Waals surface area (Å²) in [5, 5.41) is 7.23. The van der Waals surface area contributed by atoms with E-state index in [-0.39, 0.29) is 11.3 Å². The molecule has 0 fully saturated rings. The average Bonchev–Trinajstić information content (AvgIpc) is 3.41. The molecule has 1 aromatic carbocycles. The molecule has 35 heavy (non-hydrogen) atoms. The van der Waals surface area contributed by atoms with E-state index in [0.717, 1.165) is 16.1 Å². The minimum atomic E-state index is -3.67. The summed E-state index contributed by atoms with van der Waals surface area (Å²) in [5.41, 5.74) is 1.08. The summed E-state index contributed by atoms with van der Waals surface area (Å²) in [7, 11) is 0. The van der Waals surface area contributed by atoms with Crippen LogP contribution in [0.5, 0.6) is 11.5 Å². The largest absolute Gasteiger partial charge is 0.490 e. The number of amides is 1. The van der Waals surface area contributed by atoms with E-state index in [1.807, 2.05) is 32.0 Å². The molecule has 3 aromatic heterocycles. The summed E-state index contributed by atoms with van der Waals surface area (Å²) in [6, 6.07) is 8.06. The fourth-order valence-corrected chi connectivity index (χ4v) is 3.64. The number of nitrogens with zero attached hydrogens (tertiary/aromatic N) is 5. The summed E-state index contributed by atoms with van der Waals surface area (Å²) < 4.78 is 41.3. The number of nitrogens with one attached hydrogen (secondary N) is 1. The van der Waals surface area contributed by atoms with Crippen LogP contribution in [0, 0.1) is 6.92 Å². The Morgan fingerprint density at radius 1 is 1.14 bits per heavy atom. The van der Waals surface area contributed by atoms with Crippen molar-refractivity contribution < 1.29 is 23.0 Å². The summed E-state index contributed by atoms with van der Waals surface area (Å²) in [6.45, 7) is 6.80. The van der Waals surface area contributed by atoms with Crippen LogP contribution in [-0.4, -0.2) is 43.5 Å². The second-order valence-corrected chi connectivity index (χ2v) is 8.08. The quantitative estimate of drug-likeness (QED) is 0.334. The van der Waals surface area contributed by atoms with Crippen LogP contribution in [0.1, 0.15) is 41.3 Å². The van der Waals surface area contributed by atoms with E-state index in [0.29, 0.717) is 42.6 Å². The first kappa shape index (κ1) is 24.4. The van der Waals surface area contributed by atoms with Gasteiger partial charge in [-0.05, 0) is 56.1 Å². The van der Waals surface area contributed by atoms with Crippen molar-refractivity contribution in [2.24, 2.45) is 0 Å². The van der Waals surface area contributed by atoms with Crippen molar-refractivity contribution in [3.8, 4) is 11.5 Å². The number of aryl methyl sites for hydroxylation is 1. The fraction of sp³-hybridized carbons (Fsp3) is 0.304. The lowest BCUT2D eigenvalue weighted by Crippen LogP contribution is -2.15. The Morgan fingerprint density at radius 2 is 1.89 bits per heavy atom. The molecule has 0 unspecified atom stereocenters. The highest BCUT2D eigenvalue weighted by Gasteiger charge is 2.32. The molecule has 4 aromatic rings. The van der Waals surface area contributed by atoms with Gasteiger partial charge in [0.05, 0.1) is 31.6 Å². The zero-order chi connectivity index (χ0) is 25.2. The molecule has 184 valence electrons. The van der Waals surface area contributed by atoms with Crippen molar-refractivity contribution in [2.45, 2.75) is 32.7 Å². The highest BCUT2D eigenvalue weighted by Crippen LogP contribution is 2.33. The van der Waals surface area contributed by atoms with Gasteiger partial charge in [-0.3, -0.25) is 9.48 Å². The Bertz CT molecular complexity index is 1370. The average molecular weight is 505 g/mol. The molecular formula is C23H23ClF2N6O3. The van der Waals surface area contributed by atoms with Gasteiger partial charge in [-0.25, -0.2) is 9.50 Å². The number of fused-ring (bicyclic) bond motifs is 1. The smallest absolute Gasteiger partial charge is 0.364 e. The van der Waals surface area contributed by atoms with E-state index in [9.17, 15) is 13.6 Å². The van der Waals surface area contributed by atoms with E-state index in [4.69, 9.17) is 21.1 Å². The molecule has 0 saturated heterocycles. The zero-order valence-corrected chi connectivity index (χ0v) is 20.0. The van der Waals surface area contributed by atoms with Crippen LogP contribution < -0.4 is 14.8 Å². The molecule has 4 rings (SSSR count). The van der Waals surface area contributed by atoms with E-state index in [1.165, 1.54) is 12.3 Å². The van der Waals surface area contributed by atoms with Gasteiger partial charge in [-0.15, -0.1) is 0 Å². The summed E-state index contributed by atoms with van der Waals surface area (Å²) in [5.74, 6) is 0.708. The number of benzene rings is 1. The monoisotopic (exact) mass is 504 g/mol. The van der Waals surface area contributed by atoms with Crippen LogP contribution in [0.15, 0.2) is 42.7 Å². The number of anilines is 1. The zero-order valence-electron chi connectivity index (χ0n) is 19.3. The first-order valence-electron chi connectivity index (χ1n) is 10.8. The van der Waals surface area contributed by atoms with Crippen LogP contribution in [0.3, 0.4) is 0 Å². The molecule has 0 radical (unpaired) electrons. The molecule has 0 bridgehead atoms. The maximum Gasteiger partial charge on any atom is 0.364 e. The number of ether oxygens (including phenoxy) is 2. The van der Waals surface area contributed by atoms with Crippen LogP contribution in [0.4, 0.5) is 14.5 Å². The van der Waals surface area contributed by atoms with Crippen molar-refractivity contribution in [3.05, 3.63) is 65.4 Å². The summed E-state index contributed by atoms with van der Waals surface area (Å²) in [4.78, 5) is 16.9. The normalized spacial score (nSPS) is 11.6. The molecule has 3 heterocycles. The predicted molar refractivity (Wildman–Crippen MR) is 126 cm³/mol. The number of alkyl halides is 3. The van der Waals surface area contributed by atoms with E-state index in [1.54, 1.807) is 17.8 Å². The number of aromatic nitrogens is 5. The lowest BCUT2D eigenvalue weighted by Gasteiger charge is -2.12. The number of hydrogen-bond acceptors (Lipinski definition) is 6.